The molecule has 2 fully saturated rings. The first kappa shape index (κ1) is 17.9. The number of nitrogens with zero attached hydrogens (tertiary/aromatic N) is 2. The van der Waals surface area contributed by atoms with Crippen LogP contribution in [0.3, 0.4) is 0 Å². The summed E-state index contributed by atoms with van der Waals surface area (Å²) < 4.78 is 5.37. The van der Waals surface area contributed by atoms with Crippen LogP contribution in [0.4, 0.5) is 9.59 Å². The minimum atomic E-state index is -0.482. The number of hydrogen-bond donors (Lipinski definition) is 1. The molecule has 0 bridgehead atoms. The molecule has 0 aromatic rings. The number of hydrogen-bond acceptors (Lipinski definition) is 3. The van der Waals surface area contributed by atoms with Crippen molar-refractivity contribution >= 4 is 12.1 Å². The SMILES string of the molecule is CC1CCC(NC(=O)N2CCN(C(=O)OC(C)(C)C)CC2)CC1. The molecule has 1 heterocycles. The Labute approximate surface area is 139 Å². The fraction of sp³-hybridized carbons (Fsp3) is 0.882. The first-order valence-corrected chi connectivity index (χ1v) is 8.78. The number of nitrogens with one attached hydrogen (secondary N) is 1. The molecular formula is C17H31N3O3. The third kappa shape index (κ3) is 5.59. The summed E-state index contributed by atoms with van der Waals surface area (Å²) >= 11 is 0. The van der Waals surface area contributed by atoms with Crippen LogP contribution in [0.1, 0.15) is 53.4 Å². The van der Waals surface area contributed by atoms with Crippen molar-refractivity contribution in [1.29, 1.82) is 0 Å². The molecule has 23 heavy (non-hydrogen) atoms. The minimum Gasteiger partial charge on any atom is -0.444 e. The van der Waals surface area contributed by atoms with E-state index in [1.54, 1.807) is 9.80 Å². The van der Waals surface area contributed by atoms with Crippen LogP contribution in [-0.2, 0) is 4.74 Å². The van der Waals surface area contributed by atoms with Gasteiger partial charge in [0.1, 0.15) is 5.60 Å². The number of piperazine rings is 1. The van der Waals surface area contributed by atoms with Crippen molar-refractivity contribution in [3.8, 4) is 0 Å². The molecule has 2 aliphatic rings. The quantitative estimate of drug-likeness (QED) is 0.806. The Morgan fingerprint density at radius 2 is 1.48 bits per heavy atom. The average Bonchev–Trinajstić information content (AvgIpc) is 2.48. The van der Waals surface area contributed by atoms with Crippen LogP contribution in [0.15, 0.2) is 0 Å². The fourth-order valence-electron chi connectivity index (χ4n) is 3.09. The van der Waals surface area contributed by atoms with Crippen molar-refractivity contribution in [2.45, 2.75) is 65.0 Å². The molecule has 0 unspecified atom stereocenters. The Morgan fingerprint density at radius 1 is 0.957 bits per heavy atom. The molecule has 1 N–H and O–H groups in total. The number of urea groups is 1. The summed E-state index contributed by atoms with van der Waals surface area (Å²) in [5, 5.41) is 3.14. The van der Waals surface area contributed by atoms with Gasteiger partial charge in [-0.15, -0.1) is 0 Å². The number of carbonyl (C=O) groups is 2. The van der Waals surface area contributed by atoms with Gasteiger partial charge in [0.15, 0.2) is 0 Å². The van der Waals surface area contributed by atoms with Crippen molar-refractivity contribution in [2.75, 3.05) is 26.2 Å². The van der Waals surface area contributed by atoms with Crippen molar-refractivity contribution in [3.63, 3.8) is 0 Å². The molecule has 1 saturated carbocycles. The fourth-order valence-corrected chi connectivity index (χ4v) is 3.09. The van der Waals surface area contributed by atoms with E-state index in [0.717, 1.165) is 18.8 Å². The summed E-state index contributed by atoms with van der Waals surface area (Å²) in [4.78, 5) is 27.8. The third-order valence-corrected chi connectivity index (χ3v) is 4.56. The number of carbonyl (C=O) groups excluding carboxylic acids is 2. The van der Waals surface area contributed by atoms with Gasteiger partial charge in [-0.25, -0.2) is 9.59 Å². The molecule has 6 nitrogen and oxygen atoms in total. The predicted molar refractivity (Wildman–Crippen MR) is 89.3 cm³/mol. The van der Waals surface area contributed by atoms with Gasteiger partial charge in [-0.3, -0.25) is 0 Å². The smallest absolute Gasteiger partial charge is 0.410 e. The maximum absolute atomic E-state index is 12.3. The van der Waals surface area contributed by atoms with Crippen LogP contribution in [-0.4, -0.2) is 59.7 Å². The monoisotopic (exact) mass is 325 g/mol. The highest BCUT2D eigenvalue weighted by molar-refractivity contribution is 5.75. The standard InChI is InChI=1S/C17H31N3O3/c1-13-5-7-14(8-6-13)18-15(21)19-9-11-20(12-10-19)16(22)23-17(2,3)4/h13-14H,5-12H2,1-4H3,(H,18,21). The number of amides is 3. The summed E-state index contributed by atoms with van der Waals surface area (Å²) in [5.74, 6) is 0.778. The van der Waals surface area contributed by atoms with Gasteiger partial charge in [0.25, 0.3) is 0 Å². The molecule has 1 saturated heterocycles. The molecule has 0 aromatic carbocycles. The lowest BCUT2D eigenvalue weighted by molar-refractivity contribution is 0.0168. The highest BCUT2D eigenvalue weighted by atomic mass is 16.6. The topological polar surface area (TPSA) is 61.9 Å². The van der Waals surface area contributed by atoms with E-state index < -0.39 is 5.60 Å². The minimum absolute atomic E-state index is 0.00777. The van der Waals surface area contributed by atoms with E-state index in [1.165, 1.54) is 12.8 Å². The van der Waals surface area contributed by atoms with Crippen LogP contribution in [0.5, 0.6) is 0 Å². The lowest BCUT2D eigenvalue weighted by atomic mass is 9.87. The van der Waals surface area contributed by atoms with Crippen LogP contribution in [0.25, 0.3) is 0 Å². The number of rotatable bonds is 1. The molecule has 0 aromatic heterocycles. The Balaban J connectivity index is 1.73. The van der Waals surface area contributed by atoms with E-state index in [-0.39, 0.29) is 12.1 Å². The van der Waals surface area contributed by atoms with E-state index in [2.05, 4.69) is 12.2 Å². The normalized spacial score (nSPS) is 25.9. The zero-order valence-electron chi connectivity index (χ0n) is 14.9. The predicted octanol–water partition coefficient (Wildman–Crippen LogP) is 2.83. The molecule has 6 heteroatoms. The lowest BCUT2D eigenvalue weighted by Crippen LogP contribution is -2.55. The second-order valence-corrected chi connectivity index (χ2v) is 7.86. The number of ether oxygens (including phenoxy) is 1. The summed E-state index contributed by atoms with van der Waals surface area (Å²) in [7, 11) is 0. The van der Waals surface area contributed by atoms with Gasteiger partial charge in [0.2, 0.25) is 0 Å². The Kier molecular flexibility index (Phi) is 5.76. The average molecular weight is 325 g/mol. The van der Waals surface area contributed by atoms with Crippen LogP contribution < -0.4 is 5.32 Å². The first-order valence-electron chi connectivity index (χ1n) is 8.78. The van der Waals surface area contributed by atoms with Crippen molar-refractivity contribution in [1.82, 2.24) is 15.1 Å². The maximum atomic E-state index is 12.3. The molecule has 1 aliphatic carbocycles. The van der Waals surface area contributed by atoms with E-state index >= 15 is 0 Å². The second kappa shape index (κ2) is 7.41. The van der Waals surface area contributed by atoms with Gasteiger partial charge in [-0.05, 0) is 52.4 Å². The maximum Gasteiger partial charge on any atom is 0.410 e. The molecule has 0 radical (unpaired) electrons. The van der Waals surface area contributed by atoms with Gasteiger partial charge in [-0.2, -0.15) is 0 Å². The third-order valence-electron chi connectivity index (χ3n) is 4.56. The lowest BCUT2D eigenvalue weighted by Gasteiger charge is -2.36. The van der Waals surface area contributed by atoms with Gasteiger partial charge in [0.05, 0.1) is 0 Å². The zero-order valence-corrected chi connectivity index (χ0v) is 14.9. The summed E-state index contributed by atoms with van der Waals surface area (Å²) in [6.07, 6.45) is 4.24. The van der Waals surface area contributed by atoms with Crippen LogP contribution in [0, 0.1) is 5.92 Å². The van der Waals surface area contributed by atoms with E-state index in [9.17, 15) is 9.59 Å². The van der Waals surface area contributed by atoms with E-state index in [0.29, 0.717) is 32.2 Å². The molecule has 2 rings (SSSR count). The second-order valence-electron chi connectivity index (χ2n) is 7.86. The van der Waals surface area contributed by atoms with Gasteiger partial charge in [0, 0.05) is 32.2 Å². The Bertz CT molecular complexity index is 417. The van der Waals surface area contributed by atoms with E-state index in [4.69, 9.17) is 4.74 Å². The van der Waals surface area contributed by atoms with Gasteiger partial charge in [-0.1, -0.05) is 6.92 Å². The summed E-state index contributed by atoms with van der Waals surface area (Å²) in [5.41, 5.74) is -0.482. The Hall–Kier alpha value is -1.46. The highest BCUT2D eigenvalue weighted by Gasteiger charge is 2.29. The summed E-state index contributed by atoms with van der Waals surface area (Å²) in [6, 6.07) is 0.316. The van der Waals surface area contributed by atoms with Crippen LogP contribution in [0.2, 0.25) is 0 Å². The molecular weight excluding hydrogens is 294 g/mol. The van der Waals surface area contributed by atoms with Crippen molar-refractivity contribution < 1.29 is 14.3 Å². The highest BCUT2D eigenvalue weighted by Crippen LogP contribution is 2.23. The molecule has 0 atom stereocenters. The molecule has 3 amide bonds. The molecule has 0 spiro atoms. The van der Waals surface area contributed by atoms with E-state index in [1.807, 2.05) is 20.8 Å². The van der Waals surface area contributed by atoms with Crippen molar-refractivity contribution in [3.05, 3.63) is 0 Å². The molecule has 1 aliphatic heterocycles. The van der Waals surface area contributed by atoms with Gasteiger partial charge < -0.3 is 19.9 Å². The Morgan fingerprint density at radius 3 is 2.00 bits per heavy atom. The zero-order chi connectivity index (χ0) is 17.0. The summed E-state index contributed by atoms with van der Waals surface area (Å²) in [6.45, 7) is 10.0. The first-order chi connectivity index (χ1) is 10.7. The largest absolute Gasteiger partial charge is 0.444 e. The van der Waals surface area contributed by atoms with Crippen LogP contribution >= 0.6 is 0 Å². The molecule has 132 valence electrons. The van der Waals surface area contributed by atoms with Gasteiger partial charge >= 0.3 is 12.1 Å². The van der Waals surface area contributed by atoms with Crippen molar-refractivity contribution in [2.24, 2.45) is 5.92 Å².